The molecule has 0 amide bonds. The number of hydrogen-bond acceptors (Lipinski definition) is 3. The van der Waals surface area contributed by atoms with E-state index in [9.17, 15) is 10.2 Å². The zero-order valence-corrected chi connectivity index (χ0v) is 7.26. The summed E-state index contributed by atoms with van der Waals surface area (Å²) in [5.74, 6) is -0.156. The van der Waals surface area contributed by atoms with Crippen LogP contribution in [0.25, 0.3) is 0 Å². The molecule has 0 aromatic heterocycles. The summed E-state index contributed by atoms with van der Waals surface area (Å²) in [6.45, 7) is 3.86. The van der Waals surface area contributed by atoms with Crippen molar-refractivity contribution in [3.8, 4) is 11.5 Å². The molecule has 66 valence electrons. The zero-order chi connectivity index (χ0) is 9.30. The van der Waals surface area contributed by atoms with Crippen LogP contribution < -0.4 is 5.73 Å². The predicted octanol–water partition coefficient (Wildman–Crippen LogP) is 1.17. The van der Waals surface area contributed by atoms with Gasteiger partial charge in [-0.15, -0.1) is 0 Å². The minimum absolute atomic E-state index is 0.0598. The number of phenolic OH excluding ortho intramolecular Hbond substituents is 2. The monoisotopic (exact) mass is 167 g/mol. The Bertz CT molecular complexity index is 308. The number of hydrogen-bond donors (Lipinski definition) is 3. The summed E-state index contributed by atoms with van der Waals surface area (Å²) in [7, 11) is 0. The Kier molecular flexibility index (Phi) is 2.24. The van der Waals surface area contributed by atoms with E-state index in [1.165, 1.54) is 0 Å². The largest absolute Gasteiger partial charge is 0.504 e. The van der Waals surface area contributed by atoms with Gasteiger partial charge in [-0.3, -0.25) is 0 Å². The van der Waals surface area contributed by atoms with Gasteiger partial charge in [-0.05, 0) is 25.0 Å². The maximum Gasteiger partial charge on any atom is 0.162 e. The Hall–Kier alpha value is -1.22. The number of rotatable bonds is 1. The Labute approximate surface area is 71.5 Å². The fourth-order valence-electron chi connectivity index (χ4n) is 1.11. The Morgan fingerprint density at radius 1 is 1.25 bits per heavy atom. The zero-order valence-electron chi connectivity index (χ0n) is 7.26. The lowest BCUT2D eigenvalue weighted by atomic mass is 10.0. The third-order valence-corrected chi connectivity index (χ3v) is 2.09. The van der Waals surface area contributed by atoms with Gasteiger partial charge in [-0.25, -0.2) is 0 Å². The number of nitrogens with two attached hydrogens (primary N) is 1. The van der Waals surface area contributed by atoms with E-state index in [1.807, 2.05) is 6.92 Å². The van der Waals surface area contributed by atoms with Crippen molar-refractivity contribution in [1.29, 1.82) is 0 Å². The highest BCUT2D eigenvalue weighted by Crippen LogP contribution is 2.33. The minimum atomic E-state index is -0.0967. The summed E-state index contributed by atoms with van der Waals surface area (Å²) in [5, 5.41) is 18.8. The van der Waals surface area contributed by atoms with Gasteiger partial charge in [0.25, 0.3) is 0 Å². The van der Waals surface area contributed by atoms with Crippen molar-refractivity contribution in [1.82, 2.24) is 0 Å². The highest BCUT2D eigenvalue weighted by molar-refractivity contribution is 5.52. The van der Waals surface area contributed by atoms with Crippen molar-refractivity contribution in [3.63, 3.8) is 0 Å². The van der Waals surface area contributed by atoms with Gasteiger partial charge in [0.1, 0.15) is 0 Å². The topological polar surface area (TPSA) is 66.5 Å². The van der Waals surface area contributed by atoms with Gasteiger partial charge in [-0.2, -0.15) is 0 Å². The highest BCUT2D eigenvalue weighted by atomic mass is 16.3. The van der Waals surface area contributed by atoms with Crippen LogP contribution in [-0.2, 0) is 6.54 Å². The van der Waals surface area contributed by atoms with Crippen LogP contribution in [0.4, 0.5) is 0 Å². The quantitative estimate of drug-likeness (QED) is 0.550. The van der Waals surface area contributed by atoms with Crippen LogP contribution in [0.2, 0.25) is 0 Å². The van der Waals surface area contributed by atoms with Crippen molar-refractivity contribution >= 4 is 0 Å². The van der Waals surface area contributed by atoms with Crippen LogP contribution in [-0.4, -0.2) is 10.2 Å². The first kappa shape index (κ1) is 8.87. The van der Waals surface area contributed by atoms with Crippen LogP contribution in [0.15, 0.2) is 6.07 Å². The first-order chi connectivity index (χ1) is 5.57. The van der Waals surface area contributed by atoms with Crippen molar-refractivity contribution in [2.75, 3.05) is 0 Å². The molecule has 0 bridgehead atoms. The second-order valence-corrected chi connectivity index (χ2v) is 2.88. The molecule has 0 heterocycles. The van der Waals surface area contributed by atoms with Gasteiger partial charge in [0, 0.05) is 12.1 Å². The molecule has 0 aliphatic heterocycles. The highest BCUT2D eigenvalue weighted by Gasteiger charge is 2.10. The fourth-order valence-corrected chi connectivity index (χ4v) is 1.11. The Balaban J connectivity index is 3.39. The third-order valence-electron chi connectivity index (χ3n) is 2.09. The molecule has 0 saturated heterocycles. The van der Waals surface area contributed by atoms with E-state index in [1.54, 1.807) is 13.0 Å². The van der Waals surface area contributed by atoms with E-state index >= 15 is 0 Å². The molecule has 0 aliphatic carbocycles. The van der Waals surface area contributed by atoms with Crippen molar-refractivity contribution < 1.29 is 10.2 Å². The summed E-state index contributed by atoms with van der Waals surface area (Å²) in [4.78, 5) is 0. The second-order valence-electron chi connectivity index (χ2n) is 2.88. The van der Waals surface area contributed by atoms with Gasteiger partial charge >= 0.3 is 0 Å². The lowest BCUT2D eigenvalue weighted by Gasteiger charge is -2.09. The van der Waals surface area contributed by atoms with Gasteiger partial charge in [-0.1, -0.05) is 6.07 Å². The molecule has 0 atom stereocenters. The minimum Gasteiger partial charge on any atom is -0.504 e. The standard InChI is InChI=1S/C9H13NO2/c1-5-3-7(4-10)9(12)8(11)6(5)2/h3,11-12H,4,10H2,1-2H3. The average Bonchev–Trinajstić information content (AvgIpc) is 2.08. The maximum absolute atomic E-state index is 9.39. The van der Waals surface area contributed by atoms with Crippen LogP contribution in [0, 0.1) is 13.8 Å². The number of benzene rings is 1. The predicted molar refractivity (Wildman–Crippen MR) is 47.1 cm³/mol. The summed E-state index contributed by atoms with van der Waals surface area (Å²) < 4.78 is 0. The maximum atomic E-state index is 9.39. The van der Waals surface area contributed by atoms with Gasteiger partial charge in [0.15, 0.2) is 11.5 Å². The SMILES string of the molecule is Cc1cc(CN)c(O)c(O)c1C. The molecule has 3 nitrogen and oxygen atoms in total. The molecule has 1 rings (SSSR count). The third kappa shape index (κ3) is 1.23. The molecule has 12 heavy (non-hydrogen) atoms. The Morgan fingerprint density at radius 2 is 1.83 bits per heavy atom. The van der Waals surface area contributed by atoms with E-state index in [2.05, 4.69) is 0 Å². The van der Waals surface area contributed by atoms with Crippen LogP contribution in [0.3, 0.4) is 0 Å². The van der Waals surface area contributed by atoms with Crippen molar-refractivity contribution in [2.45, 2.75) is 20.4 Å². The van der Waals surface area contributed by atoms with Gasteiger partial charge in [0.2, 0.25) is 0 Å². The summed E-state index contributed by atoms with van der Waals surface area (Å²) in [5.41, 5.74) is 7.58. The Morgan fingerprint density at radius 3 is 2.33 bits per heavy atom. The van der Waals surface area contributed by atoms with Crippen molar-refractivity contribution in [2.24, 2.45) is 5.73 Å². The molecule has 0 aliphatic rings. The molecular formula is C9H13NO2. The summed E-state index contributed by atoms with van der Waals surface area (Å²) in [6.07, 6.45) is 0. The molecule has 3 heteroatoms. The molecule has 1 aromatic carbocycles. The van der Waals surface area contributed by atoms with E-state index < -0.39 is 0 Å². The molecule has 1 aromatic rings. The normalized spacial score (nSPS) is 10.2. The van der Waals surface area contributed by atoms with E-state index in [0.717, 1.165) is 5.56 Å². The smallest absolute Gasteiger partial charge is 0.162 e. The average molecular weight is 167 g/mol. The fraction of sp³-hybridized carbons (Fsp3) is 0.333. The van der Waals surface area contributed by atoms with Crippen LogP contribution >= 0.6 is 0 Å². The summed E-state index contributed by atoms with van der Waals surface area (Å²) in [6, 6.07) is 1.78. The number of aromatic hydroxyl groups is 2. The first-order valence-electron chi connectivity index (χ1n) is 3.79. The second kappa shape index (κ2) is 3.03. The molecule has 0 unspecified atom stereocenters. The van der Waals surface area contributed by atoms with Gasteiger partial charge < -0.3 is 15.9 Å². The molecule has 4 N–H and O–H groups in total. The molecule has 0 spiro atoms. The lowest BCUT2D eigenvalue weighted by molar-refractivity contribution is 0.396. The van der Waals surface area contributed by atoms with Crippen LogP contribution in [0.5, 0.6) is 11.5 Å². The lowest BCUT2D eigenvalue weighted by Crippen LogP contribution is -1.98. The van der Waals surface area contributed by atoms with E-state index in [4.69, 9.17) is 5.73 Å². The summed E-state index contributed by atoms with van der Waals surface area (Å²) >= 11 is 0. The molecular weight excluding hydrogens is 154 g/mol. The molecule has 0 radical (unpaired) electrons. The first-order valence-corrected chi connectivity index (χ1v) is 3.79. The number of aryl methyl sites for hydroxylation is 1. The molecule has 0 saturated carbocycles. The van der Waals surface area contributed by atoms with Crippen LogP contribution in [0.1, 0.15) is 16.7 Å². The van der Waals surface area contributed by atoms with Crippen molar-refractivity contribution in [3.05, 3.63) is 22.8 Å². The number of phenols is 2. The van der Waals surface area contributed by atoms with Gasteiger partial charge in [0.05, 0.1) is 0 Å². The van der Waals surface area contributed by atoms with E-state index in [0.29, 0.717) is 11.1 Å². The van der Waals surface area contributed by atoms with E-state index in [-0.39, 0.29) is 18.0 Å². The molecule has 0 fully saturated rings.